The quantitative estimate of drug-likeness (QED) is 0.867. The Kier molecular flexibility index (Phi) is 3.71. The van der Waals surface area contributed by atoms with E-state index in [-0.39, 0.29) is 0 Å². The van der Waals surface area contributed by atoms with Gasteiger partial charge in [0, 0.05) is 33.6 Å². The monoisotopic (exact) mass is 279 g/mol. The summed E-state index contributed by atoms with van der Waals surface area (Å²) in [6.07, 6.45) is 4.64. The summed E-state index contributed by atoms with van der Waals surface area (Å²) in [7, 11) is 0. The van der Waals surface area contributed by atoms with Crippen LogP contribution in [0.2, 0.25) is 10.0 Å². The van der Waals surface area contributed by atoms with E-state index in [0.29, 0.717) is 21.2 Å². The zero-order valence-electron chi connectivity index (χ0n) is 9.48. The fourth-order valence-electron chi connectivity index (χ4n) is 1.77. The third kappa shape index (κ3) is 2.27. The summed E-state index contributed by atoms with van der Waals surface area (Å²) in [6, 6.07) is 8.45. The van der Waals surface area contributed by atoms with Crippen LogP contribution in [0, 0.1) is 0 Å². The average molecular weight is 280 g/mol. The van der Waals surface area contributed by atoms with Gasteiger partial charge in [0.2, 0.25) is 0 Å². The van der Waals surface area contributed by atoms with Gasteiger partial charge >= 0.3 is 0 Å². The van der Waals surface area contributed by atoms with Gasteiger partial charge in [-0.3, -0.25) is 4.98 Å². The number of rotatable bonds is 3. The molecule has 1 aromatic heterocycles. The first-order valence-corrected chi connectivity index (χ1v) is 6.05. The fourth-order valence-corrected chi connectivity index (χ4v) is 2.32. The molecule has 0 radical (unpaired) electrons. The van der Waals surface area contributed by atoms with Crippen molar-refractivity contribution in [1.82, 2.24) is 4.98 Å². The highest BCUT2D eigenvalue weighted by Crippen LogP contribution is 2.36. The lowest BCUT2D eigenvalue weighted by Crippen LogP contribution is -2.24. The predicted octanol–water partition coefficient (Wildman–Crippen LogP) is 3.81. The first kappa shape index (κ1) is 13.1. The van der Waals surface area contributed by atoms with E-state index in [0.717, 1.165) is 0 Å². The van der Waals surface area contributed by atoms with Crippen LogP contribution >= 0.6 is 23.2 Å². The third-order valence-corrected chi connectivity index (χ3v) is 3.29. The molecule has 1 N–H and O–H groups in total. The second kappa shape index (κ2) is 5.11. The van der Waals surface area contributed by atoms with Crippen molar-refractivity contribution in [3.8, 4) is 0 Å². The Morgan fingerprint density at radius 1 is 1.28 bits per heavy atom. The lowest BCUT2D eigenvalue weighted by atomic mass is 9.87. The van der Waals surface area contributed by atoms with E-state index in [1.54, 1.807) is 42.7 Å². The van der Waals surface area contributed by atoms with Gasteiger partial charge in [0.15, 0.2) is 0 Å². The van der Waals surface area contributed by atoms with Crippen LogP contribution in [0.3, 0.4) is 0 Å². The molecule has 1 heterocycles. The first-order valence-electron chi connectivity index (χ1n) is 5.30. The van der Waals surface area contributed by atoms with Gasteiger partial charge in [-0.25, -0.2) is 0 Å². The summed E-state index contributed by atoms with van der Waals surface area (Å²) in [5.74, 6) is 0. The number of benzene rings is 1. The van der Waals surface area contributed by atoms with E-state index in [2.05, 4.69) is 11.6 Å². The van der Waals surface area contributed by atoms with E-state index in [4.69, 9.17) is 23.2 Å². The smallest absolute Gasteiger partial charge is 0.136 e. The Bertz CT molecular complexity index is 571. The highest BCUT2D eigenvalue weighted by molar-refractivity contribution is 6.35. The number of nitrogens with zero attached hydrogens (tertiary/aromatic N) is 1. The van der Waals surface area contributed by atoms with Crippen LogP contribution in [-0.4, -0.2) is 10.1 Å². The van der Waals surface area contributed by atoms with E-state index < -0.39 is 5.60 Å². The summed E-state index contributed by atoms with van der Waals surface area (Å²) < 4.78 is 0. The minimum Gasteiger partial charge on any atom is -0.377 e. The molecule has 0 unspecified atom stereocenters. The number of aliphatic hydroxyl groups is 1. The second-order valence-electron chi connectivity index (χ2n) is 3.84. The Balaban J connectivity index is 2.60. The molecule has 0 bridgehead atoms. The summed E-state index contributed by atoms with van der Waals surface area (Å²) in [5, 5.41) is 11.6. The van der Waals surface area contributed by atoms with Gasteiger partial charge in [0.25, 0.3) is 0 Å². The molecular weight excluding hydrogens is 269 g/mol. The van der Waals surface area contributed by atoms with Crippen LogP contribution < -0.4 is 0 Å². The van der Waals surface area contributed by atoms with Crippen LogP contribution in [-0.2, 0) is 5.60 Å². The van der Waals surface area contributed by atoms with E-state index in [9.17, 15) is 5.11 Å². The molecule has 0 fully saturated rings. The molecule has 2 nitrogen and oxygen atoms in total. The summed E-state index contributed by atoms with van der Waals surface area (Å²) in [4.78, 5) is 3.99. The van der Waals surface area contributed by atoms with Gasteiger partial charge in [0.05, 0.1) is 0 Å². The van der Waals surface area contributed by atoms with E-state index in [1.807, 2.05) is 0 Å². The molecule has 2 aromatic rings. The second-order valence-corrected chi connectivity index (χ2v) is 4.68. The molecule has 0 aliphatic heterocycles. The van der Waals surface area contributed by atoms with E-state index >= 15 is 0 Å². The maximum absolute atomic E-state index is 10.7. The number of hydrogen-bond acceptors (Lipinski definition) is 2. The number of pyridine rings is 1. The number of hydrogen-bond donors (Lipinski definition) is 1. The molecule has 0 aliphatic rings. The van der Waals surface area contributed by atoms with Gasteiger partial charge < -0.3 is 5.11 Å². The minimum absolute atomic E-state index is 0.383. The van der Waals surface area contributed by atoms with Crippen molar-refractivity contribution in [1.29, 1.82) is 0 Å². The van der Waals surface area contributed by atoms with Gasteiger partial charge in [-0.2, -0.15) is 0 Å². The lowest BCUT2D eigenvalue weighted by Gasteiger charge is -2.26. The number of aromatic nitrogens is 1. The Morgan fingerprint density at radius 2 is 2.06 bits per heavy atom. The maximum Gasteiger partial charge on any atom is 0.136 e. The van der Waals surface area contributed by atoms with Crippen LogP contribution in [0.15, 0.2) is 55.4 Å². The molecule has 0 aliphatic carbocycles. The Labute approximate surface area is 116 Å². The normalized spacial score (nSPS) is 13.9. The highest BCUT2D eigenvalue weighted by atomic mass is 35.5. The molecule has 0 spiro atoms. The van der Waals surface area contributed by atoms with Gasteiger partial charge in [-0.1, -0.05) is 48.0 Å². The summed E-state index contributed by atoms with van der Waals surface area (Å²) in [6.45, 7) is 3.68. The van der Waals surface area contributed by atoms with Crippen LogP contribution in [0.1, 0.15) is 11.1 Å². The summed E-state index contributed by atoms with van der Waals surface area (Å²) >= 11 is 12.0. The molecule has 1 aromatic carbocycles. The maximum atomic E-state index is 10.7. The van der Waals surface area contributed by atoms with Crippen molar-refractivity contribution in [3.63, 3.8) is 0 Å². The molecule has 0 saturated heterocycles. The Morgan fingerprint density at radius 3 is 2.61 bits per heavy atom. The zero-order valence-corrected chi connectivity index (χ0v) is 11.0. The summed E-state index contributed by atoms with van der Waals surface area (Å²) in [5.41, 5.74) is -0.253. The molecule has 18 heavy (non-hydrogen) atoms. The van der Waals surface area contributed by atoms with Crippen LogP contribution in [0.5, 0.6) is 0 Å². The standard InChI is InChI=1S/C14H11Cl2NO/c1-2-14(18,10-4-3-7-17-9-10)12-6-5-11(15)8-13(12)16/h2-9,18H,1H2/t14-/m1/s1. The van der Waals surface area contributed by atoms with Crippen molar-refractivity contribution in [3.05, 3.63) is 76.6 Å². The zero-order chi connectivity index (χ0) is 13.2. The molecule has 1 atom stereocenters. The van der Waals surface area contributed by atoms with Crippen molar-refractivity contribution in [2.24, 2.45) is 0 Å². The fraction of sp³-hybridized carbons (Fsp3) is 0.0714. The van der Waals surface area contributed by atoms with Crippen molar-refractivity contribution in [2.75, 3.05) is 0 Å². The van der Waals surface area contributed by atoms with Crippen molar-refractivity contribution >= 4 is 23.2 Å². The van der Waals surface area contributed by atoms with Crippen LogP contribution in [0.25, 0.3) is 0 Å². The predicted molar refractivity (Wildman–Crippen MR) is 73.9 cm³/mol. The molecule has 0 amide bonds. The molecule has 0 saturated carbocycles. The van der Waals surface area contributed by atoms with Crippen LogP contribution in [0.4, 0.5) is 0 Å². The topological polar surface area (TPSA) is 33.1 Å². The average Bonchev–Trinajstić information content (AvgIpc) is 2.39. The van der Waals surface area contributed by atoms with E-state index in [1.165, 1.54) is 6.08 Å². The Hall–Kier alpha value is -1.35. The van der Waals surface area contributed by atoms with Crippen molar-refractivity contribution in [2.45, 2.75) is 5.60 Å². The number of halogens is 2. The van der Waals surface area contributed by atoms with Gasteiger partial charge in [0.1, 0.15) is 5.60 Å². The lowest BCUT2D eigenvalue weighted by molar-refractivity contribution is 0.134. The van der Waals surface area contributed by atoms with Crippen molar-refractivity contribution < 1.29 is 5.11 Å². The third-order valence-electron chi connectivity index (χ3n) is 2.74. The minimum atomic E-state index is -1.38. The molecule has 4 heteroatoms. The SMILES string of the molecule is C=C[C@@](O)(c1cccnc1)c1ccc(Cl)cc1Cl. The highest BCUT2D eigenvalue weighted by Gasteiger charge is 2.30. The molecular formula is C14H11Cl2NO. The van der Waals surface area contributed by atoms with Gasteiger partial charge in [-0.15, -0.1) is 0 Å². The molecule has 2 rings (SSSR count). The largest absolute Gasteiger partial charge is 0.377 e. The molecule has 92 valence electrons. The first-order chi connectivity index (χ1) is 8.58. The van der Waals surface area contributed by atoms with Gasteiger partial charge in [-0.05, 0) is 18.2 Å².